The third kappa shape index (κ3) is 3.26. The Morgan fingerprint density at radius 2 is 1.67 bits per heavy atom. The van der Waals surface area contributed by atoms with Crippen molar-refractivity contribution in [2.24, 2.45) is 0 Å². The molecule has 3 heteroatoms. The number of nitrogens with zero attached hydrogens (tertiary/aromatic N) is 1. The van der Waals surface area contributed by atoms with Gasteiger partial charge in [-0.25, -0.2) is 4.39 Å². The van der Waals surface area contributed by atoms with Crippen molar-refractivity contribution in [3.63, 3.8) is 0 Å². The summed E-state index contributed by atoms with van der Waals surface area (Å²) >= 11 is 0. The van der Waals surface area contributed by atoms with Crippen molar-refractivity contribution in [3.05, 3.63) is 83.2 Å². The Hall–Kier alpha value is -2.26. The first-order chi connectivity index (χ1) is 10.2. The number of hydrogen-bond donors (Lipinski definition) is 0. The van der Waals surface area contributed by atoms with Gasteiger partial charge in [0.15, 0.2) is 5.78 Å². The quantitative estimate of drug-likeness (QED) is 0.632. The maximum atomic E-state index is 13.2. The maximum absolute atomic E-state index is 13.2. The molecule has 0 amide bonds. The second-order valence-corrected chi connectivity index (χ2v) is 5.21. The van der Waals surface area contributed by atoms with Crippen molar-refractivity contribution in [3.8, 4) is 0 Å². The first-order valence-corrected chi connectivity index (χ1v) is 6.99. The molecule has 0 fully saturated rings. The number of ketones is 1. The van der Waals surface area contributed by atoms with Crippen LogP contribution in [0.3, 0.4) is 0 Å². The van der Waals surface area contributed by atoms with Gasteiger partial charge in [-0.05, 0) is 23.8 Å². The fraction of sp³-hybridized carbons (Fsp3) is 0.167. The summed E-state index contributed by atoms with van der Waals surface area (Å²) < 4.78 is 13.2. The third-order valence-corrected chi connectivity index (χ3v) is 3.58. The molecule has 0 atom stereocenters. The van der Waals surface area contributed by atoms with E-state index in [1.807, 2.05) is 18.2 Å². The van der Waals surface area contributed by atoms with Crippen molar-refractivity contribution in [2.75, 3.05) is 13.1 Å². The number of carbonyl (C=O) groups excluding carboxylic acids is 1. The lowest BCUT2D eigenvalue weighted by molar-refractivity contribution is 0.103. The van der Waals surface area contributed by atoms with Crippen LogP contribution in [0, 0.1) is 5.82 Å². The molecular formula is C18H16FNO. The van der Waals surface area contributed by atoms with Crippen molar-refractivity contribution < 1.29 is 9.18 Å². The van der Waals surface area contributed by atoms with E-state index in [4.69, 9.17) is 0 Å². The van der Waals surface area contributed by atoms with Crippen LogP contribution in [0.5, 0.6) is 0 Å². The van der Waals surface area contributed by atoms with Crippen LogP contribution in [-0.4, -0.2) is 23.8 Å². The van der Waals surface area contributed by atoms with E-state index in [1.54, 1.807) is 18.2 Å². The van der Waals surface area contributed by atoms with E-state index >= 15 is 0 Å². The molecule has 2 aromatic carbocycles. The van der Waals surface area contributed by atoms with E-state index < -0.39 is 0 Å². The van der Waals surface area contributed by atoms with Crippen LogP contribution in [-0.2, 0) is 6.54 Å². The maximum Gasteiger partial charge on any atom is 0.193 e. The minimum Gasteiger partial charge on any atom is -0.292 e. The molecule has 1 aliphatic heterocycles. The topological polar surface area (TPSA) is 20.3 Å². The largest absolute Gasteiger partial charge is 0.292 e. The molecule has 2 nitrogen and oxygen atoms in total. The predicted molar refractivity (Wildman–Crippen MR) is 80.7 cm³/mol. The molecule has 0 aromatic heterocycles. The van der Waals surface area contributed by atoms with Gasteiger partial charge in [0.25, 0.3) is 0 Å². The van der Waals surface area contributed by atoms with Gasteiger partial charge in [0.1, 0.15) is 5.82 Å². The molecule has 21 heavy (non-hydrogen) atoms. The normalized spacial score (nSPS) is 14.5. The van der Waals surface area contributed by atoms with Crippen molar-refractivity contribution in [1.29, 1.82) is 0 Å². The zero-order valence-corrected chi connectivity index (χ0v) is 11.6. The van der Waals surface area contributed by atoms with Crippen molar-refractivity contribution in [1.82, 2.24) is 4.90 Å². The summed E-state index contributed by atoms with van der Waals surface area (Å²) in [6.07, 6.45) is 4.28. The Morgan fingerprint density at radius 3 is 2.38 bits per heavy atom. The molecule has 0 aliphatic carbocycles. The first kappa shape index (κ1) is 13.7. The predicted octanol–water partition coefficient (Wildman–Crippen LogP) is 3.43. The van der Waals surface area contributed by atoms with Gasteiger partial charge in [-0.3, -0.25) is 9.69 Å². The Kier molecular flexibility index (Phi) is 3.93. The van der Waals surface area contributed by atoms with Crippen LogP contribution in [0.4, 0.5) is 4.39 Å². The van der Waals surface area contributed by atoms with Crippen molar-refractivity contribution in [2.45, 2.75) is 6.54 Å². The van der Waals surface area contributed by atoms with E-state index in [9.17, 15) is 9.18 Å². The van der Waals surface area contributed by atoms with Gasteiger partial charge < -0.3 is 0 Å². The first-order valence-electron chi connectivity index (χ1n) is 6.99. The molecule has 1 heterocycles. The van der Waals surface area contributed by atoms with E-state index in [1.165, 1.54) is 12.1 Å². The van der Waals surface area contributed by atoms with E-state index in [2.05, 4.69) is 17.1 Å². The highest BCUT2D eigenvalue weighted by molar-refractivity contribution is 6.09. The zero-order chi connectivity index (χ0) is 14.7. The highest BCUT2D eigenvalue weighted by Crippen LogP contribution is 2.15. The fourth-order valence-corrected chi connectivity index (χ4v) is 2.52. The SMILES string of the molecule is O=C(c1cccc(F)c1)c1cccc(CN2CC=CC2)c1. The minimum atomic E-state index is -0.389. The van der Waals surface area contributed by atoms with Crippen LogP contribution in [0.15, 0.2) is 60.7 Å². The molecule has 0 N–H and O–H groups in total. The summed E-state index contributed by atoms with van der Waals surface area (Å²) in [6, 6.07) is 13.4. The lowest BCUT2D eigenvalue weighted by Crippen LogP contribution is -2.19. The summed E-state index contributed by atoms with van der Waals surface area (Å²) in [5.41, 5.74) is 2.08. The molecule has 0 radical (unpaired) electrons. The number of benzene rings is 2. The van der Waals surface area contributed by atoms with Crippen LogP contribution in [0.1, 0.15) is 21.5 Å². The van der Waals surface area contributed by atoms with Gasteiger partial charge in [-0.1, -0.05) is 42.5 Å². The minimum absolute atomic E-state index is 0.143. The Bertz CT molecular complexity index is 685. The summed E-state index contributed by atoms with van der Waals surface area (Å²) in [7, 11) is 0. The Balaban J connectivity index is 1.80. The lowest BCUT2D eigenvalue weighted by Gasteiger charge is -2.15. The molecule has 0 spiro atoms. The zero-order valence-electron chi connectivity index (χ0n) is 11.6. The summed E-state index contributed by atoms with van der Waals surface area (Å²) in [4.78, 5) is 14.7. The smallest absolute Gasteiger partial charge is 0.193 e. The molecule has 0 unspecified atom stereocenters. The summed E-state index contributed by atoms with van der Waals surface area (Å²) in [5, 5.41) is 0. The van der Waals surface area contributed by atoms with Gasteiger partial charge >= 0.3 is 0 Å². The average molecular weight is 281 g/mol. The van der Waals surface area contributed by atoms with Gasteiger partial charge in [-0.15, -0.1) is 0 Å². The summed E-state index contributed by atoms with van der Waals surface area (Å²) in [5.74, 6) is -0.531. The molecule has 3 rings (SSSR count). The highest BCUT2D eigenvalue weighted by atomic mass is 19.1. The molecule has 1 aliphatic rings. The molecule has 0 bridgehead atoms. The van der Waals surface area contributed by atoms with Gasteiger partial charge in [0.2, 0.25) is 0 Å². The average Bonchev–Trinajstić information content (AvgIpc) is 3.00. The molecular weight excluding hydrogens is 265 g/mol. The summed E-state index contributed by atoms with van der Waals surface area (Å²) in [6.45, 7) is 2.71. The number of carbonyl (C=O) groups is 1. The van der Waals surface area contributed by atoms with Gasteiger partial charge in [0, 0.05) is 30.8 Å². The monoisotopic (exact) mass is 281 g/mol. The Labute approximate surface area is 123 Å². The van der Waals surface area contributed by atoms with E-state index in [0.717, 1.165) is 25.2 Å². The van der Waals surface area contributed by atoms with Crippen molar-refractivity contribution >= 4 is 5.78 Å². The van der Waals surface area contributed by atoms with Crippen LogP contribution in [0.25, 0.3) is 0 Å². The molecule has 0 saturated carbocycles. The molecule has 2 aromatic rings. The second-order valence-electron chi connectivity index (χ2n) is 5.21. The van der Waals surface area contributed by atoms with Gasteiger partial charge in [0.05, 0.1) is 0 Å². The van der Waals surface area contributed by atoms with Crippen LogP contribution in [0.2, 0.25) is 0 Å². The van der Waals surface area contributed by atoms with Crippen LogP contribution >= 0.6 is 0 Å². The third-order valence-electron chi connectivity index (χ3n) is 3.58. The number of hydrogen-bond acceptors (Lipinski definition) is 2. The van der Waals surface area contributed by atoms with E-state index in [0.29, 0.717) is 11.1 Å². The molecule has 106 valence electrons. The number of rotatable bonds is 4. The Morgan fingerprint density at radius 1 is 1.00 bits per heavy atom. The van der Waals surface area contributed by atoms with Gasteiger partial charge in [-0.2, -0.15) is 0 Å². The lowest BCUT2D eigenvalue weighted by atomic mass is 10.0. The molecule has 0 saturated heterocycles. The standard InChI is InChI=1S/C18H16FNO/c19-17-8-4-7-16(12-17)18(21)15-6-3-5-14(11-15)13-20-9-1-2-10-20/h1-8,11-12H,9-10,13H2. The van der Waals surface area contributed by atoms with E-state index in [-0.39, 0.29) is 11.6 Å². The fourth-order valence-electron chi connectivity index (χ4n) is 2.52. The second kappa shape index (κ2) is 6.02. The van der Waals surface area contributed by atoms with Crippen LogP contribution < -0.4 is 0 Å². The highest BCUT2D eigenvalue weighted by Gasteiger charge is 2.12. The number of halogens is 1.